The number of carbonyl (C=O) groups excluding carboxylic acids is 1. The van der Waals surface area contributed by atoms with Gasteiger partial charge in [-0.2, -0.15) is 0 Å². The van der Waals surface area contributed by atoms with E-state index in [9.17, 15) is 4.79 Å². The number of benzene rings is 2. The second-order valence-electron chi connectivity index (χ2n) is 5.31. The van der Waals surface area contributed by atoms with E-state index in [1.165, 1.54) is 10.8 Å². The van der Waals surface area contributed by atoms with Gasteiger partial charge in [0.1, 0.15) is 0 Å². The molecule has 2 aromatic carbocycles. The fraction of sp³-hybridized carbons (Fsp3) is 0.353. The molecule has 0 aromatic heterocycles. The smallest absolute Gasteiger partial charge is 0.227 e. The van der Waals surface area contributed by atoms with Gasteiger partial charge in [0.25, 0.3) is 0 Å². The molecule has 1 heterocycles. The van der Waals surface area contributed by atoms with Gasteiger partial charge in [-0.3, -0.25) is 4.79 Å². The standard InChI is InChI=1S/C17H20N2O/c1-2-19(15-11-18-12-15)17(20)10-14-8-5-7-13-6-3-4-9-16(13)14/h3-9,15,18H,2,10-12H2,1H3. The quantitative estimate of drug-likeness (QED) is 0.922. The average Bonchev–Trinajstić information content (AvgIpc) is 2.43. The predicted octanol–water partition coefficient (Wildman–Crippen LogP) is 2.20. The van der Waals surface area contributed by atoms with Gasteiger partial charge >= 0.3 is 0 Å². The molecule has 0 saturated carbocycles. The largest absolute Gasteiger partial charge is 0.337 e. The van der Waals surface area contributed by atoms with E-state index in [4.69, 9.17) is 0 Å². The summed E-state index contributed by atoms with van der Waals surface area (Å²) < 4.78 is 0. The van der Waals surface area contributed by atoms with Gasteiger partial charge in [0.05, 0.1) is 12.5 Å². The van der Waals surface area contributed by atoms with Crippen molar-refractivity contribution in [3.8, 4) is 0 Å². The molecule has 3 nitrogen and oxygen atoms in total. The molecular weight excluding hydrogens is 248 g/mol. The summed E-state index contributed by atoms with van der Waals surface area (Å²) in [7, 11) is 0. The molecule has 1 amide bonds. The number of rotatable bonds is 4. The van der Waals surface area contributed by atoms with Crippen molar-refractivity contribution in [1.29, 1.82) is 0 Å². The number of amides is 1. The van der Waals surface area contributed by atoms with Crippen LogP contribution in [-0.4, -0.2) is 36.5 Å². The molecule has 1 fully saturated rings. The number of carbonyl (C=O) groups is 1. The van der Waals surface area contributed by atoms with Crippen molar-refractivity contribution in [2.45, 2.75) is 19.4 Å². The molecule has 1 saturated heterocycles. The number of nitrogens with one attached hydrogen (secondary N) is 1. The van der Waals surface area contributed by atoms with Gasteiger partial charge in [-0.25, -0.2) is 0 Å². The highest BCUT2D eigenvalue weighted by Crippen LogP contribution is 2.20. The van der Waals surface area contributed by atoms with Crippen molar-refractivity contribution in [3.63, 3.8) is 0 Å². The van der Waals surface area contributed by atoms with Crippen LogP contribution < -0.4 is 5.32 Å². The fourth-order valence-electron chi connectivity index (χ4n) is 2.84. The summed E-state index contributed by atoms with van der Waals surface area (Å²) in [5, 5.41) is 5.62. The van der Waals surface area contributed by atoms with Gasteiger partial charge in [-0.05, 0) is 23.3 Å². The lowest BCUT2D eigenvalue weighted by Gasteiger charge is -2.37. The number of nitrogens with zero attached hydrogens (tertiary/aromatic N) is 1. The summed E-state index contributed by atoms with van der Waals surface area (Å²) in [6.07, 6.45) is 0.492. The first-order chi connectivity index (χ1) is 9.79. The molecule has 3 rings (SSSR count). The third kappa shape index (κ3) is 2.41. The SMILES string of the molecule is CCN(C(=O)Cc1cccc2ccccc12)C1CNC1. The van der Waals surface area contributed by atoms with Crippen LogP contribution in [0.15, 0.2) is 42.5 Å². The van der Waals surface area contributed by atoms with Crippen LogP contribution in [0.2, 0.25) is 0 Å². The zero-order valence-electron chi connectivity index (χ0n) is 11.8. The van der Waals surface area contributed by atoms with Gasteiger partial charge in [0, 0.05) is 19.6 Å². The molecule has 1 N–H and O–H groups in total. The van der Waals surface area contributed by atoms with Crippen LogP contribution in [0.3, 0.4) is 0 Å². The van der Waals surface area contributed by atoms with Crippen molar-refractivity contribution in [1.82, 2.24) is 10.2 Å². The first-order valence-corrected chi connectivity index (χ1v) is 7.26. The molecule has 1 aliphatic heterocycles. The van der Waals surface area contributed by atoms with E-state index in [-0.39, 0.29) is 5.91 Å². The first kappa shape index (κ1) is 13.1. The van der Waals surface area contributed by atoms with Crippen molar-refractivity contribution < 1.29 is 4.79 Å². The van der Waals surface area contributed by atoms with E-state index in [0.29, 0.717) is 12.5 Å². The molecule has 0 radical (unpaired) electrons. The molecule has 0 aliphatic carbocycles. The Balaban J connectivity index is 1.83. The lowest BCUT2D eigenvalue weighted by atomic mass is 10.0. The van der Waals surface area contributed by atoms with Crippen molar-refractivity contribution in [2.75, 3.05) is 19.6 Å². The van der Waals surface area contributed by atoms with E-state index < -0.39 is 0 Å². The number of likely N-dealkylation sites (N-methyl/N-ethyl adjacent to an activating group) is 1. The molecule has 20 heavy (non-hydrogen) atoms. The maximum Gasteiger partial charge on any atom is 0.227 e. The predicted molar refractivity (Wildman–Crippen MR) is 81.7 cm³/mol. The van der Waals surface area contributed by atoms with Crippen LogP contribution in [0.1, 0.15) is 12.5 Å². The summed E-state index contributed by atoms with van der Waals surface area (Å²) in [6.45, 7) is 4.69. The van der Waals surface area contributed by atoms with Crippen molar-refractivity contribution in [2.24, 2.45) is 0 Å². The van der Waals surface area contributed by atoms with E-state index >= 15 is 0 Å². The highest BCUT2D eigenvalue weighted by atomic mass is 16.2. The summed E-state index contributed by atoms with van der Waals surface area (Å²) in [5.41, 5.74) is 1.12. The second-order valence-corrected chi connectivity index (χ2v) is 5.31. The Hall–Kier alpha value is -1.87. The number of hydrogen-bond donors (Lipinski definition) is 1. The highest BCUT2D eigenvalue weighted by molar-refractivity contribution is 5.90. The van der Waals surface area contributed by atoms with Crippen LogP contribution >= 0.6 is 0 Å². The molecule has 104 valence electrons. The third-order valence-corrected chi connectivity index (χ3v) is 4.08. The summed E-state index contributed by atoms with van der Waals surface area (Å²) in [4.78, 5) is 14.5. The first-order valence-electron chi connectivity index (χ1n) is 7.26. The maximum atomic E-state index is 12.5. The van der Waals surface area contributed by atoms with Crippen molar-refractivity contribution in [3.05, 3.63) is 48.0 Å². The molecule has 0 unspecified atom stereocenters. The monoisotopic (exact) mass is 268 g/mol. The van der Waals surface area contributed by atoms with Crippen LogP contribution in [0, 0.1) is 0 Å². The average molecular weight is 268 g/mol. The van der Waals surface area contributed by atoms with Gasteiger partial charge in [0.2, 0.25) is 5.91 Å². The Morgan fingerprint density at radius 2 is 1.95 bits per heavy atom. The minimum Gasteiger partial charge on any atom is -0.337 e. The maximum absolute atomic E-state index is 12.5. The Morgan fingerprint density at radius 3 is 2.65 bits per heavy atom. The van der Waals surface area contributed by atoms with E-state index in [1.54, 1.807) is 0 Å². The lowest BCUT2D eigenvalue weighted by Crippen LogP contribution is -2.59. The zero-order chi connectivity index (χ0) is 13.9. The minimum atomic E-state index is 0.232. The molecule has 2 aromatic rings. The molecule has 3 heteroatoms. The van der Waals surface area contributed by atoms with E-state index in [1.807, 2.05) is 23.1 Å². The van der Waals surface area contributed by atoms with Crippen LogP contribution in [0.4, 0.5) is 0 Å². The number of hydrogen-bond acceptors (Lipinski definition) is 2. The molecule has 1 aliphatic rings. The normalized spacial score (nSPS) is 15.1. The van der Waals surface area contributed by atoms with E-state index in [2.05, 4.69) is 36.5 Å². The highest BCUT2D eigenvalue weighted by Gasteiger charge is 2.27. The van der Waals surface area contributed by atoms with Gasteiger partial charge in [-0.15, -0.1) is 0 Å². The van der Waals surface area contributed by atoms with Gasteiger partial charge in [-0.1, -0.05) is 42.5 Å². The molecule has 0 atom stereocenters. The van der Waals surface area contributed by atoms with E-state index in [0.717, 1.165) is 25.2 Å². The van der Waals surface area contributed by atoms with Crippen molar-refractivity contribution >= 4 is 16.7 Å². The number of fused-ring (bicyclic) bond motifs is 1. The Bertz CT molecular complexity index is 614. The van der Waals surface area contributed by atoms with Crippen LogP contribution in [0.25, 0.3) is 10.8 Å². The van der Waals surface area contributed by atoms with Gasteiger partial charge in [0.15, 0.2) is 0 Å². The lowest BCUT2D eigenvalue weighted by molar-refractivity contribution is -0.133. The summed E-state index contributed by atoms with van der Waals surface area (Å²) >= 11 is 0. The molecule has 0 spiro atoms. The minimum absolute atomic E-state index is 0.232. The molecule has 0 bridgehead atoms. The zero-order valence-corrected chi connectivity index (χ0v) is 11.8. The fourth-order valence-corrected chi connectivity index (χ4v) is 2.84. The summed E-state index contributed by atoms with van der Waals surface area (Å²) in [6, 6.07) is 14.8. The third-order valence-electron chi connectivity index (χ3n) is 4.08. The van der Waals surface area contributed by atoms with Gasteiger partial charge < -0.3 is 10.2 Å². The molecular formula is C17H20N2O. The Morgan fingerprint density at radius 1 is 1.20 bits per heavy atom. The Kier molecular flexibility index (Phi) is 3.70. The topological polar surface area (TPSA) is 32.3 Å². The Labute approximate surface area is 119 Å². The van der Waals surface area contributed by atoms with Crippen LogP contribution in [-0.2, 0) is 11.2 Å². The summed E-state index contributed by atoms with van der Waals surface area (Å²) in [5.74, 6) is 0.232. The van der Waals surface area contributed by atoms with Crippen LogP contribution in [0.5, 0.6) is 0 Å². The second kappa shape index (κ2) is 5.63.